The van der Waals surface area contributed by atoms with E-state index in [0.717, 1.165) is 12.1 Å². The molecule has 1 aromatic heterocycles. The van der Waals surface area contributed by atoms with Crippen molar-refractivity contribution in [1.82, 2.24) is 9.78 Å². The Bertz CT molecular complexity index is 268. The first-order chi connectivity index (χ1) is 6.65. The molecule has 3 heteroatoms. The van der Waals surface area contributed by atoms with E-state index in [9.17, 15) is 0 Å². The van der Waals surface area contributed by atoms with Crippen molar-refractivity contribution < 1.29 is 4.74 Å². The van der Waals surface area contributed by atoms with Crippen LogP contribution in [0.4, 0.5) is 0 Å². The molecule has 80 valence electrons. The smallest absolute Gasteiger partial charge is 0.0888 e. The Hall–Kier alpha value is -0.830. The summed E-state index contributed by atoms with van der Waals surface area (Å²) in [5.41, 5.74) is 1.15. The van der Waals surface area contributed by atoms with Crippen LogP contribution < -0.4 is 0 Å². The van der Waals surface area contributed by atoms with Crippen molar-refractivity contribution in [3.8, 4) is 0 Å². The summed E-state index contributed by atoms with van der Waals surface area (Å²) in [4.78, 5) is 0. The molecule has 0 bridgehead atoms. The molecule has 0 radical (unpaired) electrons. The number of nitrogens with zero attached hydrogens (tertiary/aromatic N) is 2. The van der Waals surface area contributed by atoms with E-state index in [-0.39, 0.29) is 0 Å². The van der Waals surface area contributed by atoms with Crippen molar-refractivity contribution in [2.75, 3.05) is 0 Å². The highest BCUT2D eigenvalue weighted by Crippen LogP contribution is 2.10. The topological polar surface area (TPSA) is 27.1 Å². The minimum Gasteiger partial charge on any atom is -0.372 e. The van der Waals surface area contributed by atoms with Gasteiger partial charge in [0.1, 0.15) is 0 Å². The van der Waals surface area contributed by atoms with Crippen LogP contribution in [0.5, 0.6) is 0 Å². The summed E-state index contributed by atoms with van der Waals surface area (Å²) in [5, 5.41) is 4.26. The summed E-state index contributed by atoms with van der Waals surface area (Å²) in [6, 6.07) is 2.42. The van der Waals surface area contributed by atoms with Crippen LogP contribution in [-0.2, 0) is 11.3 Å². The lowest BCUT2D eigenvalue weighted by Gasteiger charge is -2.13. The van der Waals surface area contributed by atoms with Gasteiger partial charge in [-0.05, 0) is 33.3 Å². The zero-order chi connectivity index (χ0) is 10.6. The third-order valence-electron chi connectivity index (χ3n) is 2.33. The quantitative estimate of drug-likeness (QED) is 0.724. The highest BCUT2D eigenvalue weighted by atomic mass is 16.5. The SMILES string of the molecule is CC[C@H](C)OCc1ccnn1C(C)C. The summed E-state index contributed by atoms with van der Waals surface area (Å²) in [6.45, 7) is 9.13. The molecule has 1 aromatic rings. The first-order valence-corrected chi connectivity index (χ1v) is 5.29. The van der Waals surface area contributed by atoms with Gasteiger partial charge >= 0.3 is 0 Å². The third kappa shape index (κ3) is 2.84. The molecule has 0 amide bonds. The first kappa shape index (κ1) is 11.2. The van der Waals surface area contributed by atoms with Crippen molar-refractivity contribution in [3.05, 3.63) is 18.0 Å². The predicted octanol–water partition coefficient (Wildman–Crippen LogP) is 2.78. The molecule has 0 aliphatic rings. The van der Waals surface area contributed by atoms with E-state index in [4.69, 9.17) is 4.74 Å². The number of hydrogen-bond donors (Lipinski definition) is 0. The maximum atomic E-state index is 5.67. The zero-order valence-electron chi connectivity index (χ0n) is 9.53. The number of aromatic nitrogens is 2. The van der Waals surface area contributed by atoms with Crippen molar-refractivity contribution in [2.24, 2.45) is 0 Å². The highest BCUT2D eigenvalue weighted by Gasteiger charge is 2.07. The average molecular weight is 196 g/mol. The van der Waals surface area contributed by atoms with E-state index in [1.807, 2.05) is 16.9 Å². The Labute approximate surface area is 86.1 Å². The molecule has 0 aliphatic heterocycles. The molecule has 1 rings (SSSR count). The molecular formula is C11H20N2O. The highest BCUT2D eigenvalue weighted by molar-refractivity contribution is 4.99. The lowest BCUT2D eigenvalue weighted by molar-refractivity contribution is 0.0461. The lowest BCUT2D eigenvalue weighted by atomic mass is 10.3. The van der Waals surface area contributed by atoms with Crippen molar-refractivity contribution >= 4 is 0 Å². The predicted molar refractivity (Wildman–Crippen MR) is 57.2 cm³/mol. The molecule has 0 saturated carbocycles. The van der Waals surface area contributed by atoms with Gasteiger partial charge in [0.15, 0.2) is 0 Å². The fraction of sp³-hybridized carbons (Fsp3) is 0.727. The fourth-order valence-electron chi connectivity index (χ4n) is 1.27. The van der Waals surface area contributed by atoms with Crippen molar-refractivity contribution in [2.45, 2.75) is 52.9 Å². The van der Waals surface area contributed by atoms with Gasteiger partial charge in [-0.2, -0.15) is 5.10 Å². The molecule has 0 aromatic carbocycles. The van der Waals surface area contributed by atoms with E-state index >= 15 is 0 Å². The van der Waals surface area contributed by atoms with Gasteiger partial charge in [0.05, 0.1) is 18.4 Å². The summed E-state index contributed by atoms with van der Waals surface area (Å²) in [7, 11) is 0. The lowest BCUT2D eigenvalue weighted by Crippen LogP contribution is -2.12. The molecule has 0 fully saturated rings. The van der Waals surface area contributed by atoms with E-state index in [1.54, 1.807) is 0 Å². The number of rotatable bonds is 5. The summed E-state index contributed by atoms with van der Waals surface area (Å²) in [6.07, 6.45) is 3.20. The Morgan fingerprint density at radius 1 is 1.43 bits per heavy atom. The molecule has 1 atom stereocenters. The molecule has 3 nitrogen and oxygen atoms in total. The number of ether oxygens (including phenoxy) is 1. The van der Waals surface area contributed by atoms with Gasteiger partial charge in [-0.3, -0.25) is 4.68 Å². The Morgan fingerprint density at radius 3 is 2.71 bits per heavy atom. The van der Waals surface area contributed by atoms with Crippen LogP contribution in [0, 0.1) is 0 Å². The molecular weight excluding hydrogens is 176 g/mol. The summed E-state index contributed by atoms with van der Waals surface area (Å²) >= 11 is 0. The van der Waals surface area contributed by atoms with Crippen LogP contribution in [0.15, 0.2) is 12.3 Å². The summed E-state index contributed by atoms with van der Waals surface area (Å²) < 4.78 is 7.67. The average Bonchev–Trinajstić information content (AvgIpc) is 2.62. The Morgan fingerprint density at radius 2 is 2.14 bits per heavy atom. The Balaban J connectivity index is 2.54. The molecule has 1 heterocycles. The maximum Gasteiger partial charge on any atom is 0.0888 e. The van der Waals surface area contributed by atoms with Crippen LogP contribution >= 0.6 is 0 Å². The van der Waals surface area contributed by atoms with Crippen LogP contribution in [0.2, 0.25) is 0 Å². The molecule has 0 N–H and O–H groups in total. The van der Waals surface area contributed by atoms with Gasteiger partial charge in [0.2, 0.25) is 0 Å². The van der Waals surface area contributed by atoms with Gasteiger partial charge in [-0.15, -0.1) is 0 Å². The van der Waals surface area contributed by atoms with E-state index in [2.05, 4.69) is 32.8 Å². The summed E-state index contributed by atoms with van der Waals surface area (Å²) in [5.74, 6) is 0. The molecule has 0 unspecified atom stereocenters. The van der Waals surface area contributed by atoms with Crippen LogP contribution in [0.3, 0.4) is 0 Å². The van der Waals surface area contributed by atoms with E-state index < -0.39 is 0 Å². The second-order valence-corrected chi connectivity index (χ2v) is 3.89. The van der Waals surface area contributed by atoms with Crippen molar-refractivity contribution in [3.63, 3.8) is 0 Å². The van der Waals surface area contributed by atoms with Gasteiger partial charge in [0, 0.05) is 12.2 Å². The second-order valence-electron chi connectivity index (χ2n) is 3.89. The molecule has 14 heavy (non-hydrogen) atoms. The number of hydrogen-bond acceptors (Lipinski definition) is 2. The third-order valence-corrected chi connectivity index (χ3v) is 2.33. The monoisotopic (exact) mass is 196 g/mol. The largest absolute Gasteiger partial charge is 0.372 e. The molecule has 0 aliphatic carbocycles. The molecule has 0 spiro atoms. The van der Waals surface area contributed by atoms with Gasteiger partial charge in [-0.1, -0.05) is 6.92 Å². The standard InChI is InChI=1S/C11H20N2O/c1-5-10(4)14-8-11-6-7-12-13(11)9(2)3/h6-7,9-10H,5,8H2,1-4H3/t10-/m0/s1. The van der Waals surface area contributed by atoms with E-state index in [1.165, 1.54) is 0 Å². The van der Waals surface area contributed by atoms with Gasteiger partial charge in [-0.25, -0.2) is 0 Å². The zero-order valence-corrected chi connectivity index (χ0v) is 9.53. The second kappa shape index (κ2) is 5.15. The van der Waals surface area contributed by atoms with Gasteiger partial charge in [0.25, 0.3) is 0 Å². The van der Waals surface area contributed by atoms with E-state index in [0.29, 0.717) is 18.8 Å². The van der Waals surface area contributed by atoms with Crippen LogP contribution in [0.1, 0.15) is 45.9 Å². The molecule has 0 saturated heterocycles. The minimum atomic E-state index is 0.325. The normalized spacial score (nSPS) is 13.5. The van der Waals surface area contributed by atoms with Crippen LogP contribution in [0.25, 0.3) is 0 Å². The Kier molecular flexibility index (Phi) is 4.14. The minimum absolute atomic E-state index is 0.325. The maximum absolute atomic E-state index is 5.67. The first-order valence-electron chi connectivity index (χ1n) is 5.29. The fourth-order valence-corrected chi connectivity index (χ4v) is 1.27. The van der Waals surface area contributed by atoms with Crippen LogP contribution in [-0.4, -0.2) is 15.9 Å². The van der Waals surface area contributed by atoms with Crippen molar-refractivity contribution in [1.29, 1.82) is 0 Å². The van der Waals surface area contributed by atoms with Gasteiger partial charge < -0.3 is 4.74 Å².